The second-order valence-corrected chi connectivity index (χ2v) is 13.9. The summed E-state index contributed by atoms with van der Waals surface area (Å²) in [5.74, 6) is 0. The lowest BCUT2D eigenvalue weighted by Gasteiger charge is -2.50. The SMILES string of the molecule is [O-][C@@H]1O[C@H](CO)[C@@H](O)[C@H](O[C@@H]2O[C@H](CO)[C@@H](O)[C@H](O[C@@H]3O[C@H](CO)[C@@H](O)[C@H](O[C@@H]4O[C@H](CO)[C@@H](O)[C@H](O[C@@H]5O[C@H](CO)[C@@H](O)[C@H](O)[C@H]5O)[C@H]4O)[C@H]3O)[C@H]2O)[C@H]1O. The molecule has 328 valence electrons. The van der Waals surface area contributed by atoms with Crippen LogP contribution in [-0.4, -0.2) is 268 Å². The second-order valence-electron chi connectivity index (χ2n) is 13.9. The monoisotopic (exact) mass is 827 g/mol. The number of aliphatic hydroxyl groups is 16. The molecule has 16 N–H and O–H groups in total. The molecule has 25 atom stereocenters. The zero-order chi connectivity index (χ0) is 41.3. The fourth-order valence-electron chi connectivity index (χ4n) is 6.99. The summed E-state index contributed by atoms with van der Waals surface area (Å²) >= 11 is 0. The first-order valence-electron chi connectivity index (χ1n) is 17.6. The molecule has 56 heavy (non-hydrogen) atoms. The summed E-state index contributed by atoms with van der Waals surface area (Å²) in [6.45, 7) is -4.64. The molecule has 0 unspecified atom stereocenters. The van der Waals surface area contributed by atoms with Crippen molar-refractivity contribution in [3.05, 3.63) is 0 Å². The third kappa shape index (κ3) is 9.16. The van der Waals surface area contributed by atoms with Crippen LogP contribution >= 0.6 is 0 Å². The van der Waals surface area contributed by atoms with Crippen LogP contribution in [-0.2, 0) is 42.6 Å². The number of hydrogen-bond acceptors (Lipinski definition) is 26. The van der Waals surface area contributed by atoms with Crippen LogP contribution in [0.4, 0.5) is 0 Å². The predicted octanol–water partition coefficient (Wildman–Crippen LogP) is -12.6. The van der Waals surface area contributed by atoms with Gasteiger partial charge in [-0.15, -0.1) is 0 Å². The standard InChI is InChI=1S/C30H51O26/c31-1-6-11(36)16(41)17(42)27(49-6)54-23-13(38)8(3-33)51-29(19(23)44)56-25-15(40)10(5-35)52-30(21(25)46)55-24-14(39)9(4-34)50-28(20(24)45)53-22-12(37)7(2-32)48-26(47)18(22)43/h6-46H,1-5H2/q-1/t6-,7-,8-,9-,10-,11-,12-,13-,14-,15-,16+,17-,18-,19-,20-,21-,22+,23+,24+,25+,26-,27+,28+,29+,30+/m1/s1. The Kier molecular flexibility index (Phi) is 16.1. The second kappa shape index (κ2) is 19.6. The van der Waals surface area contributed by atoms with Gasteiger partial charge in [-0.1, -0.05) is 0 Å². The van der Waals surface area contributed by atoms with Crippen molar-refractivity contribution in [2.45, 2.75) is 154 Å². The van der Waals surface area contributed by atoms with E-state index in [-0.39, 0.29) is 0 Å². The highest BCUT2D eigenvalue weighted by atomic mass is 16.8. The average molecular weight is 828 g/mol. The number of rotatable bonds is 13. The molecule has 0 aliphatic carbocycles. The van der Waals surface area contributed by atoms with Gasteiger partial charge in [0.25, 0.3) is 0 Å². The van der Waals surface area contributed by atoms with Crippen LogP contribution in [0.2, 0.25) is 0 Å². The third-order valence-electron chi connectivity index (χ3n) is 10.3. The molecule has 0 amide bonds. The lowest BCUT2D eigenvalue weighted by Crippen LogP contribution is -2.68. The molecule has 0 bridgehead atoms. The van der Waals surface area contributed by atoms with E-state index in [2.05, 4.69) is 0 Å². The molecule has 5 aliphatic heterocycles. The van der Waals surface area contributed by atoms with Crippen molar-refractivity contribution < 1.29 is 129 Å². The number of hydrogen-bond donors (Lipinski definition) is 16. The van der Waals surface area contributed by atoms with Crippen LogP contribution in [0.1, 0.15) is 0 Å². The van der Waals surface area contributed by atoms with Crippen LogP contribution in [0.5, 0.6) is 0 Å². The molecule has 26 nitrogen and oxygen atoms in total. The van der Waals surface area contributed by atoms with Gasteiger partial charge in [0.15, 0.2) is 25.2 Å². The maximum atomic E-state index is 12.2. The lowest BCUT2D eigenvalue weighted by atomic mass is 9.95. The van der Waals surface area contributed by atoms with E-state index in [1.165, 1.54) is 0 Å². The first-order chi connectivity index (χ1) is 26.5. The van der Waals surface area contributed by atoms with Gasteiger partial charge in [0, 0.05) is 6.29 Å². The van der Waals surface area contributed by atoms with Gasteiger partial charge in [0.1, 0.15) is 116 Å². The topological polar surface area (TPSA) is 430 Å². The average Bonchev–Trinajstić information content (AvgIpc) is 3.18. The van der Waals surface area contributed by atoms with Crippen LogP contribution in [0.15, 0.2) is 0 Å². The summed E-state index contributed by atoms with van der Waals surface area (Å²) in [5, 5.41) is 179. The van der Waals surface area contributed by atoms with E-state index in [1.807, 2.05) is 0 Å². The molecular formula is C30H51O26-. The molecular weight excluding hydrogens is 776 g/mol. The Morgan fingerprint density at radius 3 is 0.857 bits per heavy atom. The first-order valence-corrected chi connectivity index (χ1v) is 17.6. The summed E-state index contributed by atoms with van der Waals surface area (Å²) in [4.78, 5) is 0. The first kappa shape index (κ1) is 46.0. The van der Waals surface area contributed by atoms with Crippen molar-refractivity contribution in [2.75, 3.05) is 33.0 Å². The van der Waals surface area contributed by atoms with Crippen molar-refractivity contribution in [1.82, 2.24) is 0 Å². The molecule has 0 spiro atoms. The Morgan fingerprint density at radius 2 is 0.554 bits per heavy atom. The van der Waals surface area contributed by atoms with Gasteiger partial charge in [0.05, 0.1) is 39.1 Å². The van der Waals surface area contributed by atoms with E-state index in [0.717, 1.165) is 0 Å². The minimum atomic E-state index is -2.23. The maximum absolute atomic E-state index is 12.2. The molecule has 5 heterocycles. The minimum Gasteiger partial charge on any atom is -0.829 e. The fourth-order valence-corrected chi connectivity index (χ4v) is 6.99. The predicted molar refractivity (Wildman–Crippen MR) is 164 cm³/mol. The van der Waals surface area contributed by atoms with Crippen molar-refractivity contribution in [3.8, 4) is 0 Å². The molecule has 0 aromatic carbocycles. The smallest absolute Gasteiger partial charge is 0.187 e. The van der Waals surface area contributed by atoms with E-state index < -0.39 is 187 Å². The molecule has 5 saturated heterocycles. The Balaban J connectivity index is 1.34. The van der Waals surface area contributed by atoms with Crippen LogP contribution in [0.25, 0.3) is 0 Å². The van der Waals surface area contributed by atoms with Gasteiger partial charge in [-0.25, -0.2) is 0 Å². The van der Waals surface area contributed by atoms with Gasteiger partial charge >= 0.3 is 0 Å². The van der Waals surface area contributed by atoms with Gasteiger partial charge in [-0.2, -0.15) is 0 Å². The summed E-state index contributed by atoms with van der Waals surface area (Å²) in [7, 11) is 0. The summed E-state index contributed by atoms with van der Waals surface area (Å²) in [5.41, 5.74) is 0. The fraction of sp³-hybridized carbons (Fsp3) is 1.00. The van der Waals surface area contributed by atoms with Gasteiger partial charge in [0.2, 0.25) is 0 Å². The summed E-state index contributed by atoms with van der Waals surface area (Å²) < 4.78 is 48.7. The van der Waals surface area contributed by atoms with Crippen molar-refractivity contribution >= 4 is 0 Å². The zero-order valence-corrected chi connectivity index (χ0v) is 29.2. The molecule has 0 radical (unpaired) electrons. The van der Waals surface area contributed by atoms with E-state index in [1.54, 1.807) is 0 Å². The van der Waals surface area contributed by atoms with Crippen molar-refractivity contribution in [3.63, 3.8) is 0 Å². The van der Waals surface area contributed by atoms with Crippen molar-refractivity contribution in [1.29, 1.82) is 0 Å². The molecule has 0 aromatic heterocycles. The third-order valence-corrected chi connectivity index (χ3v) is 10.3. The molecule has 26 heteroatoms. The Morgan fingerprint density at radius 1 is 0.304 bits per heavy atom. The van der Waals surface area contributed by atoms with Gasteiger partial charge < -0.3 is 129 Å². The zero-order valence-electron chi connectivity index (χ0n) is 29.2. The van der Waals surface area contributed by atoms with E-state index >= 15 is 0 Å². The van der Waals surface area contributed by atoms with Gasteiger partial charge in [-0.05, 0) is 0 Å². The number of ether oxygens (including phenoxy) is 9. The van der Waals surface area contributed by atoms with Crippen molar-refractivity contribution in [2.24, 2.45) is 0 Å². The van der Waals surface area contributed by atoms with E-state index in [9.17, 15) is 86.8 Å². The highest BCUT2D eigenvalue weighted by Crippen LogP contribution is 2.35. The molecule has 0 aromatic rings. The molecule has 5 aliphatic rings. The Bertz CT molecular complexity index is 1210. The van der Waals surface area contributed by atoms with E-state index in [0.29, 0.717) is 0 Å². The molecule has 5 rings (SSSR count). The van der Waals surface area contributed by atoms with Crippen LogP contribution in [0, 0.1) is 0 Å². The highest BCUT2D eigenvalue weighted by molar-refractivity contribution is 4.99. The summed E-state index contributed by atoms with van der Waals surface area (Å²) in [6, 6.07) is 0. The Hall–Kier alpha value is -1.04. The van der Waals surface area contributed by atoms with Gasteiger partial charge in [-0.3, -0.25) is 0 Å². The molecule has 0 saturated carbocycles. The lowest BCUT2D eigenvalue weighted by molar-refractivity contribution is -0.536. The van der Waals surface area contributed by atoms with E-state index in [4.69, 9.17) is 42.6 Å². The minimum absolute atomic E-state index is 0.852. The molecule has 5 fully saturated rings. The number of aliphatic hydroxyl groups excluding tert-OH is 16. The summed E-state index contributed by atoms with van der Waals surface area (Å²) in [6.07, 6.45) is -47.8. The van der Waals surface area contributed by atoms with Crippen LogP contribution < -0.4 is 5.11 Å². The maximum Gasteiger partial charge on any atom is 0.187 e. The normalized spacial score (nSPS) is 53.2. The van der Waals surface area contributed by atoms with Crippen LogP contribution in [0.3, 0.4) is 0 Å². The largest absolute Gasteiger partial charge is 0.829 e. The quantitative estimate of drug-likeness (QED) is 0.0819. The highest BCUT2D eigenvalue weighted by Gasteiger charge is 2.56. The Labute approximate surface area is 316 Å².